The van der Waals surface area contributed by atoms with Crippen molar-refractivity contribution in [2.75, 3.05) is 13.1 Å². The largest absolute Gasteiger partial charge is 0.340 e. The van der Waals surface area contributed by atoms with Gasteiger partial charge in [-0.25, -0.2) is 0 Å². The van der Waals surface area contributed by atoms with Crippen LogP contribution in [-0.4, -0.2) is 35.3 Å². The number of carbonyl (C=O) groups excluding carboxylic acids is 2. The van der Waals surface area contributed by atoms with Crippen LogP contribution in [0.3, 0.4) is 0 Å². The van der Waals surface area contributed by atoms with E-state index in [4.69, 9.17) is 0 Å². The molecule has 1 saturated carbocycles. The summed E-state index contributed by atoms with van der Waals surface area (Å²) in [7, 11) is 0. The zero-order chi connectivity index (χ0) is 14.9. The molecule has 1 heterocycles. The van der Waals surface area contributed by atoms with Crippen LogP contribution in [0.25, 0.3) is 0 Å². The van der Waals surface area contributed by atoms with Crippen molar-refractivity contribution in [2.24, 2.45) is 0 Å². The molecule has 21 heavy (non-hydrogen) atoms. The van der Waals surface area contributed by atoms with Crippen LogP contribution in [0.4, 0.5) is 0 Å². The summed E-state index contributed by atoms with van der Waals surface area (Å²) < 4.78 is 0. The van der Waals surface area contributed by atoms with Crippen LogP contribution in [0.5, 0.6) is 0 Å². The van der Waals surface area contributed by atoms with E-state index in [1.54, 1.807) is 4.90 Å². The van der Waals surface area contributed by atoms with E-state index in [0.29, 0.717) is 6.54 Å². The minimum Gasteiger partial charge on any atom is -0.340 e. The van der Waals surface area contributed by atoms with E-state index in [1.165, 1.54) is 5.56 Å². The number of amides is 2. The molecule has 2 aliphatic rings. The Bertz CT molecular complexity index is 535. The lowest BCUT2D eigenvalue weighted by Crippen LogP contribution is -2.65. The topological polar surface area (TPSA) is 49.4 Å². The molecule has 0 aromatic heterocycles. The van der Waals surface area contributed by atoms with E-state index >= 15 is 0 Å². The number of carbonyl (C=O) groups is 2. The van der Waals surface area contributed by atoms with E-state index in [0.717, 1.165) is 25.7 Å². The fraction of sp³-hybridized carbons (Fsp3) is 0.529. The second kappa shape index (κ2) is 5.51. The third-order valence-electron chi connectivity index (χ3n) is 4.73. The van der Waals surface area contributed by atoms with Crippen LogP contribution in [-0.2, 0) is 9.59 Å². The van der Waals surface area contributed by atoms with Gasteiger partial charge in [0.1, 0.15) is 5.54 Å². The van der Waals surface area contributed by atoms with Crippen LogP contribution in [0.15, 0.2) is 30.3 Å². The molecule has 1 spiro atoms. The van der Waals surface area contributed by atoms with Gasteiger partial charge in [0.15, 0.2) is 0 Å². The highest BCUT2D eigenvalue weighted by atomic mass is 16.2. The smallest absolute Gasteiger partial charge is 0.248 e. The van der Waals surface area contributed by atoms with Crippen LogP contribution in [0, 0.1) is 0 Å². The number of benzene rings is 1. The highest BCUT2D eigenvalue weighted by Crippen LogP contribution is 2.34. The molecule has 2 fully saturated rings. The number of nitrogens with zero attached hydrogens (tertiary/aromatic N) is 1. The second-order valence-electron chi connectivity index (χ2n) is 6.33. The summed E-state index contributed by atoms with van der Waals surface area (Å²) in [6.45, 7) is 2.91. The maximum atomic E-state index is 12.8. The molecule has 1 saturated heterocycles. The average molecular weight is 286 g/mol. The summed E-state index contributed by atoms with van der Waals surface area (Å²) in [5.74, 6) is 0.332. The Hall–Kier alpha value is -1.84. The Balaban J connectivity index is 1.75. The fourth-order valence-corrected chi connectivity index (χ4v) is 3.59. The molecule has 2 amide bonds. The van der Waals surface area contributed by atoms with Crippen molar-refractivity contribution in [3.8, 4) is 0 Å². The lowest BCUT2D eigenvalue weighted by atomic mass is 9.91. The first-order chi connectivity index (χ1) is 10.1. The number of nitrogens with one attached hydrogen (secondary N) is 1. The van der Waals surface area contributed by atoms with E-state index in [-0.39, 0.29) is 24.3 Å². The van der Waals surface area contributed by atoms with Gasteiger partial charge in [-0.2, -0.15) is 0 Å². The highest BCUT2D eigenvalue weighted by Gasteiger charge is 2.48. The lowest BCUT2D eigenvalue weighted by molar-refractivity contribution is -0.149. The Labute approximate surface area is 125 Å². The average Bonchev–Trinajstić information content (AvgIpc) is 2.94. The summed E-state index contributed by atoms with van der Waals surface area (Å²) in [4.78, 5) is 26.5. The molecule has 1 aromatic rings. The Morgan fingerprint density at radius 3 is 2.52 bits per heavy atom. The minimum absolute atomic E-state index is 0.0169. The molecular formula is C17H22N2O2. The molecule has 1 unspecified atom stereocenters. The van der Waals surface area contributed by atoms with E-state index < -0.39 is 5.54 Å². The molecule has 1 atom stereocenters. The Morgan fingerprint density at radius 1 is 1.19 bits per heavy atom. The number of rotatable bonds is 3. The molecular weight excluding hydrogens is 264 g/mol. The quantitative estimate of drug-likeness (QED) is 0.924. The minimum atomic E-state index is -0.605. The monoisotopic (exact) mass is 286 g/mol. The predicted molar refractivity (Wildman–Crippen MR) is 80.8 cm³/mol. The summed E-state index contributed by atoms with van der Waals surface area (Å²) in [6.07, 6.45) is 3.61. The molecule has 112 valence electrons. The van der Waals surface area contributed by atoms with Crippen molar-refractivity contribution < 1.29 is 9.59 Å². The normalized spacial score (nSPS) is 22.4. The molecule has 4 nitrogen and oxygen atoms in total. The third-order valence-corrected chi connectivity index (χ3v) is 4.73. The van der Waals surface area contributed by atoms with E-state index in [9.17, 15) is 9.59 Å². The van der Waals surface area contributed by atoms with Crippen molar-refractivity contribution in [1.29, 1.82) is 0 Å². The van der Waals surface area contributed by atoms with Gasteiger partial charge < -0.3 is 10.2 Å². The molecule has 4 heteroatoms. The molecule has 1 N–H and O–H groups in total. The van der Waals surface area contributed by atoms with Gasteiger partial charge in [0.05, 0.1) is 6.54 Å². The summed E-state index contributed by atoms with van der Waals surface area (Å²) in [5, 5.41) is 2.95. The first-order valence-corrected chi connectivity index (χ1v) is 7.76. The summed E-state index contributed by atoms with van der Waals surface area (Å²) in [5.41, 5.74) is 0.600. The maximum Gasteiger partial charge on any atom is 0.248 e. The zero-order valence-corrected chi connectivity index (χ0v) is 12.5. The van der Waals surface area contributed by atoms with Gasteiger partial charge in [-0.3, -0.25) is 9.59 Å². The van der Waals surface area contributed by atoms with Gasteiger partial charge in [-0.05, 0) is 24.3 Å². The molecule has 1 aromatic carbocycles. The van der Waals surface area contributed by atoms with Gasteiger partial charge in [-0.15, -0.1) is 0 Å². The molecule has 0 radical (unpaired) electrons. The first kappa shape index (κ1) is 14.1. The predicted octanol–water partition coefficient (Wildman–Crippen LogP) is 2.06. The van der Waals surface area contributed by atoms with E-state index in [2.05, 4.69) is 24.4 Å². The number of piperazine rings is 1. The first-order valence-electron chi connectivity index (χ1n) is 7.76. The van der Waals surface area contributed by atoms with Crippen LogP contribution < -0.4 is 5.32 Å². The Kier molecular flexibility index (Phi) is 3.70. The van der Waals surface area contributed by atoms with E-state index in [1.807, 2.05) is 18.2 Å². The third kappa shape index (κ3) is 2.67. The molecule has 3 rings (SSSR count). The van der Waals surface area contributed by atoms with Crippen molar-refractivity contribution in [3.05, 3.63) is 35.9 Å². The van der Waals surface area contributed by atoms with Crippen molar-refractivity contribution in [2.45, 2.75) is 44.1 Å². The summed E-state index contributed by atoms with van der Waals surface area (Å²) in [6, 6.07) is 10.2. The van der Waals surface area contributed by atoms with Gasteiger partial charge in [0.25, 0.3) is 0 Å². The fourth-order valence-electron chi connectivity index (χ4n) is 3.59. The molecule has 0 bridgehead atoms. The van der Waals surface area contributed by atoms with Gasteiger partial charge >= 0.3 is 0 Å². The van der Waals surface area contributed by atoms with Crippen LogP contribution in [0.1, 0.15) is 44.1 Å². The Morgan fingerprint density at radius 2 is 1.86 bits per heavy atom. The second-order valence-corrected chi connectivity index (χ2v) is 6.33. The summed E-state index contributed by atoms with van der Waals surface area (Å²) >= 11 is 0. The number of hydrogen-bond acceptors (Lipinski definition) is 2. The van der Waals surface area contributed by atoms with Gasteiger partial charge in [0, 0.05) is 6.54 Å². The molecule has 1 aliphatic carbocycles. The van der Waals surface area contributed by atoms with Gasteiger partial charge in [-0.1, -0.05) is 50.1 Å². The SMILES string of the molecule is CC(CN1CC(=O)NC2(CCCC2)C1=O)c1ccccc1. The number of hydrogen-bond donors (Lipinski definition) is 1. The van der Waals surface area contributed by atoms with Crippen molar-refractivity contribution >= 4 is 11.8 Å². The maximum absolute atomic E-state index is 12.8. The molecule has 1 aliphatic heterocycles. The van der Waals surface area contributed by atoms with Gasteiger partial charge in [0.2, 0.25) is 11.8 Å². The van der Waals surface area contributed by atoms with Crippen LogP contribution >= 0.6 is 0 Å². The van der Waals surface area contributed by atoms with Crippen molar-refractivity contribution in [3.63, 3.8) is 0 Å². The van der Waals surface area contributed by atoms with Crippen LogP contribution in [0.2, 0.25) is 0 Å². The zero-order valence-electron chi connectivity index (χ0n) is 12.5. The standard InChI is InChI=1S/C17H22N2O2/c1-13(14-7-3-2-4-8-14)11-19-12-15(20)18-17(16(19)21)9-5-6-10-17/h2-4,7-8,13H,5-6,9-12H2,1H3,(H,18,20). The van der Waals surface area contributed by atoms with Crippen molar-refractivity contribution in [1.82, 2.24) is 10.2 Å². The highest BCUT2D eigenvalue weighted by molar-refractivity contribution is 5.98. The lowest BCUT2D eigenvalue weighted by Gasteiger charge is -2.40.